The summed E-state index contributed by atoms with van der Waals surface area (Å²) in [6, 6.07) is 17.3. The number of carbonyl (C=O) groups is 2. The maximum atomic E-state index is 13.5. The largest absolute Gasteiger partial charge is 0.478 e. The zero-order valence-corrected chi connectivity index (χ0v) is 21.5. The first kappa shape index (κ1) is 25.7. The number of nitrogens with two attached hydrogens (primary N) is 1. The molecule has 4 N–H and O–H groups in total. The van der Waals surface area contributed by atoms with Crippen LogP contribution in [-0.2, 0) is 10.2 Å². The van der Waals surface area contributed by atoms with E-state index in [1.54, 1.807) is 45.0 Å². The van der Waals surface area contributed by atoms with Gasteiger partial charge in [0.2, 0.25) is 5.91 Å². The molecule has 7 nitrogen and oxygen atoms in total. The summed E-state index contributed by atoms with van der Waals surface area (Å²) in [4.78, 5) is 37.2. The number of fused-ring (bicyclic) bond motifs is 1. The van der Waals surface area contributed by atoms with Crippen LogP contribution >= 0.6 is 0 Å². The van der Waals surface area contributed by atoms with Gasteiger partial charge in [-0.25, -0.2) is 4.79 Å². The molecule has 1 atom stereocenters. The summed E-state index contributed by atoms with van der Waals surface area (Å²) in [6.45, 7) is 9.02. The van der Waals surface area contributed by atoms with Crippen molar-refractivity contribution in [1.29, 1.82) is 0 Å². The lowest BCUT2D eigenvalue weighted by Gasteiger charge is -2.22. The maximum absolute atomic E-state index is 13.5. The van der Waals surface area contributed by atoms with Gasteiger partial charge in [-0.2, -0.15) is 0 Å². The molecule has 0 spiro atoms. The van der Waals surface area contributed by atoms with E-state index in [-0.39, 0.29) is 17.0 Å². The molecule has 0 saturated heterocycles. The van der Waals surface area contributed by atoms with E-state index in [9.17, 15) is 19.5 Å². The van der Waals surface area contributed by atoms with Crippen molar-refractivity contribution in [2.75, 3.05) is 5.32 Å². The molecule has 0 saturated carbocycles. The van der Waals surface area contributed by atoms with Gasteiger partial charge in [-0.15, -0.1) is 0 Å². The molecule has 0 aliphatic carbocycles. The van der Waals surface area contributed by atoms with Crippen molar-refractivity contribution in [1.82, 2.24) is 0 Å². The number of carbonyl (C=O) groups excluding carboxylic acids is 1. The van der Waals surface area contributed by atoms with Crippen molar-refractivity contribution in [2.24, 2.45) is 5.73 Å². The number of hydrogen-bond donors (Lipinski definition) is 3. The van der Waals surface area contributed by atoms with Crippen LogP contribution in [0.15, 0.2) is 69.9 Å². The van der Waals surface area contributed by atoms with E-state index < -0.39 is 17.3 Å². The molecular weight excluding hydrogens is 468 g/mol. The number of aryl methyl sites for hydroxylation is 1. The van der Waals surface area contributed by atoms with E-state index in [4.69, 9.17) is 10.2 Å². The maximum Gasteiger partial charge on any atom is 0.337 e. The number of aromatic carboxylic acids is 1. The molecule has 7 heteroatoms. The van der Waals surface area contributed by atoms with Gasteiger partial charge >= 0.3 is 5.97 Å². The Balaban J connectivity index is 1.90. The van der Waals surface area contributed by atoms with E-state index in [0.717, 1.165) is 11.1 Å². The molecule has 1 heterocycles. The predicted octanol–water partition coefficient (Wildman–Crippen LogP) is 5.71. The molecule has 3 aromatic carbocycles. The van der Waals surface area contributed by atoms with Crippen LogP contribution in [0.25, 0.3) is 22.3 Å². The van der Waals surface area contributed by atoms with Gasteiger partial charge < -0.3 is 20.6 Å². The number of amides is 1. The van der Waals surface area contributed by atoms with Gasteiger partial charge in [0.15, 0.2) is 5.43 Å². The summed E-state index contributed by atoms with van der Waals surface area (Å²) in [5.41, 5.74) is 9.03. The Bertz CT molecular complexity index is 1600. The van der Waals surface area contributed by atoms with Gasteiger partial charge in [-0.1, -0.05) is 36.4 Å². The molecule has 190 valence electrons. The first-order valence-electron chi connectivity index (χ1n) is 12.0. The number of para-hydroxylation sites is 1. The molecule has 1 amide bonds. The van der Waals surface area contributed by atoms with Crippen molar-refractivity contribution in [2.45, 2.75) is 46.1 Å². The van der Waals surface area contributed by atoms with E-state index in [0.29, 0.717) is 39.1 Å². The number of anilines is 1. The Hall–Kier alpha value is -4.39. The van der Waals surface area contributed by atoms with E-state index in [2.05, 4.69) is 5.32 Å². The van der Waals surface area contributed by atoms with Gasteiger partial charge in [0.25, 0.3) is 0 Å². The topological polar surface area (TPSA) is 123 Å². The molecule has 0 radical (unpaired) electrons. The van der Waals surface area contributed by atoms with Crippen LogP contribution < -0.4 is 16.5 Å². The van der Waals surface area contributed by atoms with Crippen LogP contribution in [0.3, 0.4) is 0 Å². The summed E-state index contributed by atoms with van der Waals surface area (Å²) in [5.74, 6) is -1.09. The number of carboxylic acids is 1. The highest BCUT2D eigenvalue weighted by atomic mass is 16.4. The van der Waals surface area contributed by atoms with Crippen LogP contribution in [0.5, 0.6) is 0 Å². The zero-order chi connectivity index (χ0) is 27.1. The molecule has 0 aliphatic rings. The summed E-state index contributed by atoms with van der Waals surface area (Å²) < 4.78 is 6.44. The number of benzene rings is 3. The number of nitrogens with one attached hydrogen (secondary N) is 1. The second-order valence-electron chi connectivity index (χ2n) is 9.90. The smallest absolute Gasteiger partial charge is 0.337 e. The quantitative estimate of drug-likeness (QED) is 0.300. The molecule has 1 unspecified atom stereocenters. The molecule has 0 fully saturated rings. The number of hydrogen-bond acceptors (Lipinski definition) is 5. The average molecular weight is 499 g/mol. The zero-order valence-electron chi connectivity index (χ0n) is 21.5. The van der Waals surface area contributed by atoms with Crippen LogP contribution in [0, 0.1) is 13.8 Å². The number of rotatable bonds is 7. The van der Waals surface area contributed by atoms with Gasteiger partial charge in [0.1, 0.15) is 11.3 Å². The molecular formula is C30H30N2O5. The Kier molecular flexibility index (Phi) is 6.65. The van der Waals surface area contributed by atoms with Crippen molar-refractivity contribution < 1.29 is 19.1 Å². The van der Waals surface area contributed by atoms with Crippen LogP contribution in [-0.4, -0.2) is 17.0 Å². The summed E-state index contributed by atoms with van der Waals surface area (Å²) in [5, 5.41) is 13.3. The number of primary amides is 1. The molecule has 0 bridgehead atoms. The van der Waals surface area contributed by atoms with Crippen LogP contribution in [0.4, 0.5) is 5.69 Å². The minimum atomic E-state index is -1.03. The van der Waals surface area contributed by atoms with Crippen LogP contribution in [0.2, 0.25) is 0 Å². The minimum Gasteiger partial charge on any atom is -0.478 e. The highest BCUT2D eigenvalue weighted by Gasteiger charge is 2.28. The fraction of sp³-hybridized carbons (Fsp3) is 0.233. The van der Waals surface area contributed by atoms with Crippen molar-refractivity contribution >= 4 is 28.5 Å². The molecule has 37 heavy (non-hydrogen) atoms. The van der Waals surface area contributed by atoms with E-state index in [1.165, 1.54) is 6.07 Å². The number of carboxylic acid groups (broad SMARTS) is 1. The fourth-order valence-electron chi connectivity index (χ4n) is 4.46. The van der Waals surface area contributed by atoms with Gasteiger partial charge in [0, 0.05) is 22.4 Å². The van der Waals surface area contributed by atoms with E-state index >= 15 is 0 Å². The molecule has 4 aromatic rings. The van der Waals surface area contributed by atoms with Gasteiger partial charge in [-0.05, 0) is 70.0 Å². The lowest BCUT2D eigenvalue weighted by atomic mass is 9.83. The van der Waals surface area contributed by atoms with Crippen molar-refractivity contribution in [3.8, 4) is 11.3 Å². The fourth-order valence-corrected chi connectivity index (χ4v) is 4.46. The first-order valence-corrected chi connectivity index (χ1v) is 12.0. The minimum absolute atomic E-state index is 0.151. The van der Waals surface area contributed by atoms with Gasteiger partial charge in [0.05, 0.1) is 22.4 Å². The normalized spacial score (nSPS) is 12.4. The SMILES string of the molecule is Cc1cc(C(C)Nc2ccccc2C(=O)O)c2oc(-c3cccc(C(C)(C)C(N)=O)c3)c(C)c(=O)c2c1. The van der Waals surface area contributed by atoms with Crippen molar-refractivity contribution in [3.63, 3.8) is 0 Å². The Labute approximate surface area is 214 Å². The summed E-state index contributed by atoms with van der Waals surface area (Å²) in [6.07, 6.45) is 0. The second-order valence-corrected chi connectivity index (χ2v) is 9.90. The second kappa shape index (κ2) is 9.58. The standard InChI is InChI=1S/C30H30N2O5/c1-16-13-22(18(3)32-24-12-7-6-11-21(24)28(34)35)27-23(14-16)25(33)17(2)26(37-27)19-9-8-10-20(15-19)30(4,5)29(31)36/h6-15,18,32H,1-5H3,(H2,31,36)(H,34,35). The lowest BCUT2D eigenvalue weighted by molar-refractivity contribution is -0.122. The van der Waals surface area contributed by atoms with Crippen molar-refractivity contribution in [3.05, 3.63) is 98.7 Å². The average Bonchev–Trinajstić information content (AvgIpc) is 2.86. The molecule has 0 aliphatic heterocycles. The summed E-state index contributed by atoms with van der Waals surface area (Å²) >= 11 is 0. The molecule has 1 aromatic heterocycles. The lowest BCUT2D eigenvalue weighted by Crippen LogP contribution is -2.35. The third-order valence-corrected chi connectivity index (χ3v) is 6.85. The predicted molar refractivity (Wildman–Crippen MR) is 145 cm³/mol. The van der Waals surface area contributed by atoms with E-state index in [1.807, 2.05) is 44.2 Å². The third-order valence-electron chi connectivity index (χ3n) is 6.85. The molecule has 4 rings (SSSR count). The summed E-state index contributed by atoms with van der Waals surface area (Å²) in [7, 11) is 0. The monoisotopic (exact) mass is 498 g/mol. The van der Waals surface area contributed by atoms with Gasteiger partial charge in [-0.3, -0.25) is 9.59 Å². The Morgan fingerprint density at radius 3 is 2.41 bits per heavy atom. The highest BCUT2D eigenvalue weighted by Crippen LogP contribution is 2.34. The van der Waals surface area contributed by atoms with Crippen LogP contribution in [0.1, 0.15) is 59.4 Å². The Morgan fingerprint density at radius 2 is 1.73 bits per heavy atom. The first-order chi connectivity index (χ1) is 17.4. The highest BCUT2D eigenvalue weighted by molar-refractivity contribution is 5.94. The third kappa shape index (κ3) is 4.72. The Morgan fingerprint density at radius 1 is 1.03 bits per heavy atom.